The summed E-state index contributed by atoms with van der Waals surface area (Å²) in [7, 11) is 0. The molecule has 2 aromatic heterocycles. The van der Waals surface area contributed by atoms with Crippen LogP contribution in [0.5, 0.6) is 0 Å². The third-order valence-corrected chi connectivity index (χ3v) is 7.90. The fraction of sp³-hybridized carbons (Fsp3) is 0.296. The number of hydrogen-bond acceptors (Lipinski definition) is 5. The van der Waals surface area contributed by atoms with Crippen LogP contribution in [0.2, 0.25) is 0 Å². The van der Waals surface area contributed by atoms with Gasteiger partial charge in [0.15, 0.2) is 5.01 Å². The lowest BCUT2D eigenvalue weighted by molar-refractivity contribution is -0.117. The van der Waals surface area contributed by atoms with Gasteiger partial charge in [0.25, 0.3) is 5.91 Å². The fourth-order valence-electron chi connectivity index (χ4n) is 5.17. The maximum absolute atomic E-state index is 13.0. The number of rotatable bonds is 4. The summed E-state index contributed by atoms with van der Waals surface area (Å²) >= 11 is 1.38. The minimum atomic E-state index is 0.00894. The van der Waals surface area contributed by atoms with Crippen LogP contribution in [0, 0.1) is 6.92 Å². The van der Waals surface area contributed by atoms with E-state index in [9.17, 15) is 9.59 Å². The summed E-state index contributed by atoms with van der Waals surface area (Å²) < 4.78 is 2.18. The highest BCUT2D eigenvalue weighted by Crippen LogP contribution is 2.30. The maximum atomic E-state index is 13.0. The van der Waals surface area contributed by atoms with E-state index < -0.39 is 0 Å². The lowest BCUT2D eigenvalue weighted by atomic mass is 10.2. The van der Waals surface area contributed by atoms with Crippen molar-refractivity contribution in [3.63, 3.8) is 0 Å². The van der Waals surface area contributed by atoms with Gasteiger partial charge in [0.05, 0.1) is 5.52 Å². The van der Waals surface area contributed by atoms with Crippen LogP contribution < -0.4 is 4.90 Å². The molecule has 8 heteroatoms. The molecule has 0 bridgehead atoms. The molecule has 6 rings (SSSR count). The number of anilines is 1. The van der Waals surface area contributed by atoms with Crippen LogP contribution in [0.15, 0.2) is 66.3 Å². The molecule has 0 spiro atoms. The molecule has 0 N–H and O–H groups in total. The Kier molecular flexibility index (Phi) is 5.62. The van der Waals surface area contributed by atoms with Crippen molar-refractivity contribution in [3.8, 4) is 5.69 Å². The number of piperazine rings is 1. The first kappa shape index (κ1) is 22.0. The number of benzene rings is 2. The fourth-order valence-corrected chi connectivity index (χ4v) is 5.77. The second-order valence-electron chi connectivity index (χ2n) is 9.29. The molecule has 178 valence electrons. The summed E-state index contributed by atoms with van der Waals surface area (Å²) in [4.78, 5) is 35.8. The first-order valence-electron chi connectivity index (χ1n) is 12.0. The smallest absolute Gasteiger partial charge is 0.282 e. The summed E-state index contributed by atoms with van der Waals surface area (Å²) in [5.41, 5.74) is 4.44. The van der Waals surface area contributed by atoms with Gasteiger partial charge in [-0.3, -0.25) is 14.5 Å². The topological polar surface area (TPSA) is 61.7 Å². The van der Waals surface area contributed by atoms with Gasteiger partial charge in [-0.2, -0.15) is 0 Å². The number of nitrogens with zero attached hydrogens (tertiary/aromatic N) is 5. The van der Waals surface area contributed by atoms with Gasteiger partial charge in [-0.1, -0.05) is 17.7 Å². The number of aromatic nitrogens is 2. The molecule has 2 saturated heterocycles. The Hall–Kier alpha value is -3.49. The van der Waals surface area contributed by atoms with Gasteiger partial charge in [0, 0.05) is 79.7 Å². The molecule has 2 aliphatic rings. The van der Waals surface area contributed by atoms with Crippen LogP contribution in [-0.2, 0) is 4.79 Å². The zero-order chi connectivity index (χ0) is 23.9. The minimum Gasteiger partial charge on any atom is -0.334 e. The van der Waals surface area contributed by atoms with Crippen molar-refractivity contribution >= 4 is 39.7 Å². The predicted octanol–water partition coefficient (Wildman–Crippen LogP) is 3.96. The van der Waals surface area contributed by atoms with E-state index in [1.165, 1.54) is 16.9 Å². The molecule has 4 aromatic rings. The van der Waals surface area contributed by atoms with Crippen LogP contribution in [0.25, 0.3) is 16.6 Å². The quantitative estimate of drug-likeness (QED) is 0.439. The average molecular weight is 486 g/mol. The van der Waals surface area contributed by atoms with Gasteiger partial charge in [0.2, 0.25) is 5.91 Å². The maximum Gasteiger partial charge on any atom is 0.282 e. The van der Waals surface area contributed by atoms with Crippen LogP contribution in [0.3, 0.4) is 0 Å². The van der Waals surface area contributed by atoms with E-state index >= 15 is 0 Å². The molecule has 2 aromatic carbocycles. The van der Waals surface area contributed by atoms with Gasteiger partial charge in [-0.05, 0) is 43.3 Å². The van der Waals surface area contributed by atoms with Crippen molar-refractivity contribution in [2.45, 2.75) is 19.4 Å². The average Bonchev–Trinajstić information content (AvgIpc) is 3.64. The van der Waals surface area contributed by atoms with Crippen molar-refractivity contribution in [1.82, 2.24) is 19.4 Å². The van der Waals surface area contributed by atoms with Crippen LogP contribution in [0.1, 0.15) is 21.8 Å². The summed E-state index contributed by atoms with van der Waals surface area (Å²) in [5, 5.41) is 3.50. The largest absolute Gasteiger partial charge is 0.334 e. The summed E-state index contributed by atoms with van der Waals surface area (Å²) in [5.74, 6) is 0.170. The monoisotopic (exact) mass is 485 g/mol. The number of carbonyl (C=O) groups excluding carboxylic acids is 2. The van der Waals surface area contributed by atoms with Crippen molar-refractivity contribution in [1.29, 1.82) is 0 Å². The highest BCUT2D eigenvalue weighted by molar-refractivity contribution is 7.11. The van der Waals surface area contributed by atoms with Crippen molar-refractivity contribution in [2.75, 3.05) is 37.6 Å². The van der Waals surface area contributed by atoms with E-state index in [0.717, 1.165) is 35.4 Å². The Morgan fingerprint density at radius 3 is 2.51 bits per heavy atom. The number of thiazole rings is 1. The molecule has 2 fully saturated rings. The molecular formula is C27H27N5O2S. The number of hydrogen-bond donors (Lipinski definition) is 0. The Bertz CT molecular complexity index is 1370. The lowest BCUT2D eigenvalue weighted by Crippen LogP contribution is -2.52. The first-order valence-corrected chi connectivity index (χ1v) is 12.9. The van der Waals surface area contributed by atoms with Crippen LogP contribution in [-0.4, -0.2) is 69.9 Å². The Labute approximate surface area is 208 Å². The SMILES string of the molecule is Cc1ccc(-n2ccc3cc(N4CC(N5CCN(C(=O)c6nccs6)CC5)CC4=O)ccc32)cc1. The number of carbonyl (C=O) groups is 2. The molecule has 0 aliphatic carbocycles. The molecule has 1 atom stereocenters. The molecule has 1 unspecified atom stereocenters. The standard InChI is InChI=1S/C27H27N5O2S/c1-19-2-4-21(5-3-19)31-10-8-20-16-22(6-7-24(20)31)32-18-23(17-25(32)33)29-11-13-30(14-12-29)27(34)26-28-9-15-35-26/h2-10,15-16,23H,11-14,17-18H2,1H3. The summed E-state index contributed by atoms with van der Waals surface area (Å²) in [6, 6.07) is 17.0. The second-order valence-corrected chi connectivity index (χ2v) is 10.2. The van der Waals surface area contributed by atoms with Crippen molar-refractivity contribution < 1.29 is 9.59 Å². The molecule has 2 aliphatic heterocycles. The highest BCUT2D eigenvalue weighted by Gasteiger charge is 2.36. The van der Waals surface area contributed by atoms with Gasteiger partial charge < -0.3 is 14.4 Å². The molecule has 35 heavy (non-hydrogen) atoms. The van der Waals surface area contributed by atoms with E-state index in [1.807, 2.05) is 15.2 Å². The number of aryl methyl sites for hydroxylation is 1. The van der Waals surface area contributed by atoms with E-state index in [2.05, 4.69) is 76.1 Å². The molecule has 2 amide bonds. The molecular weight excluding hydrogens is 458 g/mol. The number of fused-ring (bicyclic) bond motifs is 1. The van der Waals surface area contributed by atoms with Crippen LogP contribution in [0.4, 0.5) is 5.69 Å². The zero-order valence-corrected chi connectivity index (χ0v) is 20.4. The molecule has 0 radical (unpaired) electrons. The molecule has 7 nitrogen and oxygen atoms in total. The third-order valence-electron chi connectivity index (χ3n) is 7.14. The van der Waals surface area contributed by atoms with E-state index in [1.54, 1.807) is 6.20 Å². The highest BCUT2D eigenvalue weighted by atomic mass is 32.1. The van der Waals surface area contributed by atoms with E-state index in [-0.39, 0.29) is 17.9 Å². The summed E-state index contributed by atoms with van der Waals surface area (Å²) in [6.07, 6.45) is 4.27. The minimum absolute atomic E-state index is 0.00894. The van der Waals surface area contributed by atoms with Crippen molar-refractivity contribution in [3.05, 3.63) is 76.9 Å². The Morgan fingerprint density at radius 2 is 1.77 bits per heavy atom. The first-order chi connectivity index (χ1) is 17.1. The van der Waals surface area contributed by atoms with Gasteiger partial charge in [-0.25, -0.2) is 4.98 Å². The molecule has 4 heterocycles. The van der Waals surface area contributed by atoms with Crippen LogP contribution >= 0.6 is 11.3 Å². The third kappa shape index (κ3) is 4.13. The van der Waals surface area contributed by atoms with Gasteiger partial charge in [0.1, 0.15) is 0 Å². The second kappa shape index (κ2) is 8.94. The predicted molar refractivity (Wildman–Crippen MR) is 138 cm³/mol. The number of amides is 2. The normalized spacial score (nSPS) is 19.1. The molecule has 0 saturated carbocycles. The lowest BCUT2D eigenvalue weighted by Gasteiger charge is -2.37. The zero-order valence-electron chi connectivity index (χ0n) is 19.6. The Balaban J connectivity index is 1.14. The van der Waals surface area contributed by atoms with Crippen molar-refractivity contribution in [2.24, 2.45) is 0 Å². The van der Waals surface area contributed by atoms with E-state index in [4.69, 9.17) is 0 Å². The Morgan fingerprint density at radius 1 is 1.00 bits per heavy atom. The summed E-state index contributed by atoms with van der Waals surface area (Å²) in [6.45, 7) is 5.67. The van der Waals surface area contributed by atoms with Gasteiger partial charge in [-0.15, -0.1) is 11.3 Å². The van der Waals surface area contributed by atoms with E-state index in [0.29, 0.717) is 31.1 Å². The van der Waals surface area contributed by atoms with Gasteiger partial charge >= 0.3 is 0 Å².